The van der Waals surface area contributed by atoms with Gasteiger partial charge in [0.25, 0.3) is 0 Å². The number of benzene rings is 3. The maximum absolute atomic E-state index is 10.1. The van der Waals surface area contributed by atoms with Crippen LogP contribution in [0.15, 0.2) is 84.9 Å². The Labute approximate surface area is 188 Å². The third-order valence-electron chi connectivity index (χ3n) is 6.07. The number of rotatable bonds is 5. The lowest BCUT2D eigenvalue weighted by Gasteiger charge is -2.29. The zero-order valence-electron chi connectivity index (χ0n) is 18.3. The molecule has 4 nitrogen and oxygen atoms in total. The Hall–Kier alpha value is -4.10. The van der Waals surface area contributed by atoms with E-state index in [1.807, 2.05) is 30.3 Å². The lowest BCUT2D eigenvalue weighted by atomic mass is 9.97. The van der Waals surface area contributed by atoms with Crippen molar-refractivity contribution in [1.29, 1.82) is 5.26 Å². The summed E-state index contributed by atoms with van der Waals surface area (Å²) in [7, 11) is 0. The molecule has 0 unspecified atom stereocenters. The highest BCUT2D eigenvalue weighted by Gasteiger charge is 2.24. The molecule has 0 spiro atoms. The van der Waals surface area contributed by atoms with Gasteiger partial charge < -0.3 is 4.90 Å². The number of pyridine rings is 1. The fourth-order valence-corrected chi connectivity index (χ4v) is 4.52. The second kappa shape index (κ2) is 8.20. The van der Waals surface area contributed by atoms with E-state index in [1.165, 1.54) is 5.56 Å². The monoisotopic (exact) mass is 416 g/mol. The summed E-state index contributed by atoms with van der Waals surface area (Å²) < 4.78 is 2.18. The average Bonchev–Trinajstić information content (AvgIpc) is 3.22. The third-order valence-corrected chi connectivity index (χ3v) is 6.07. The van der Waals surface area contributed by atoms with Crippen LogP contribution >= 0.6 is 0 Å². The van der Waals surface area contributed by atoms with Gasteiger partial charge in [0.15, 0.2) is 5.65 Å². The third kappa shape index (κ3) is 3.19. The van der Waals surface area contributed by atoms with Crippen molar-refractivity contribution in [1.82, 2.24) is 9.38 Å². The standard InChI is InChI=1S/C28H24N4/c1-3-31(22-14-8-5-9-15-22)28-23(18-21-12-6-4-7-13-21)20(2)24(19-29)27-30-25-16-10-11-17-26(25)32(27)28/h4-17H,3,18H2,1-2H3. The molecule has 4 heteroatoms. The van der Waals surface area contributed by atoms with Gasteiger partial charge >= 0.3 is 0 Å². The van der Waals surface area contributed by atoms with Crippen LogP contribution in [0.25, 0.3) is 16.7 Å². The van der Waals surface area contributed by atoms with Crippen LogP contribution in [0.2, 0.25) is 0 Å². The minimum Gasteiger partial charge on any atom is -0.327 e. The van der Waals surface area contributed by atoms with Gasteiger partial charge in [0.1, 0.15) is 11.9 Å². The molecule has 0 saturated heterocycles. The summed E-state index contributed by atoms with van der Waals surface area (Å²) in [6, 6.07) is 31.4. The van der Waals surface area contributed by atoms with Crippen LogP contribution in [0.3, 0.4) is 0 Å². The quantitative estimate of drug-likeness (QED) is 0.332. The molecule has 0 radical (unpaired) electrons. The van der Waals surface area contributed by atoms with Crippen LogP contribution in [0.4, 0.5) is 11.5 Å². The number of para-hydroxylation sites is 3. The fraction of sp³-hybridized carbons (Fsp3) is 0.143. The van der Waals surface area contributed by atoms with Crippen LogP contribution < -0.4 is 4.90 Å². The van der Waals surface area contributed by atoms with Crippen molar-refractivity contribution in [2.75, 3.05) is 11.4 Å². The number of nitriles is 1. The summed E-state index contributed by atoms with van der Waals surface area (Å²) in [6.07, 6.45) is 0.739. The maximum Gasteiger partial charge on any atom is 0.157 e. The molecule has 0 saturated carbocycles. The predicted octanol–water partition coefficient (Wildman–Crippen LogP) is 6.42. The smallest absolute Gasteiger partial charge is 0.157 e. The SMILES string of the molecule is CCN(c1ccccc1)c1c(Cc2ccccc2)c(C)c(C#N)c2nc3ccccc3n12. The second-order valence-corrected chi connectivity index (χ2v) is 7.92. The number of imidazole rings is 1. The molecule has 2 heterocycles. The summed E-state index contributed by atoms with van der Waals surface area (Å²) in [5.41, 5.74) is 7.73. The fourth-order valence-electron chi connectivity index (χ4n) is 4.52. The van der Waals surface area contributed by atoms with E-state index < -0.39 is 0 Å². The first-order valence-electron chi connectivity index (χ1n) is 10.9. The van der Waals surface area contributed by atoms with E-state index in [1.54, 1.807) is 0 Å². The van der Waals surface area contributed by atoms with Gasteiger partial charge in [-0.2, -0.15) is 5.26 Å². The Bertz CT molecular complexity index is 1440. The number of aromatic nitrogens is 2. The molecule has 5 rings (SSSR count). The van der Waals surface area contributed by atoms with E-state index in [-0.39, 0.29) is 0 Å². The summed E-state index contributed by atoms with van der Waals surface area (Å²) >= 11 is 0. The van der Waals surface area contributed by atoms with Crippen molar-refractivity contribution in [2.24, 2.45) is 0 Å². The van der Waals surface area contributed by atoms with Gasteiger partial charge in [-0.05, 0) is 49.2 Å². The lowest BCUT2D eigenvalue weighted by Crippen LogP contribution is -2.22. The maximum atomic E-state index is 10.1. The molecule has 0 atom stereocenters. The lowest BCUT2D eigenvalue weighted by molar-refractivity contribution is 0.943. The van der Waals surface area contributed by atoms with E-state index in [2.05, 4.69) is 83.8 Å². The van der Waals surface area contributed by atoms with Crippen molar-refractivity contribution in [3.05, 3.63) is 107 Å². The zero-order chi connectivity index (χ0) is 22.1. The molecule has 0 N–H and O–H groups in total. The predicted molar refractivity (Wildman–Crippen MR) is 131 cm³/mol. The zero-order valence-corrected chi connectivity index (χ0v) is 18.3. The van der Waals surface area contributed by atoms with Gasteiger partial charge in [0.2, 0.25) is 0 Å². The van der Waals surface area contributed by atoms with Crippen molar-refractivity contribution in [3.8, 4) is 6.07 Å². The topological polar surface area (TPSA) is 44.3 Å². The number of hydrogen-bond donors (Lipinski definition) is 0. The van der Waals surface area contributed by atoms with Crippen LogP contribution in [0.1, 0.15) is 29.2 Å². The van der Waals surface area contributed by atoms with Crippen molar-refractivity contribution >= 4 is 28.2 Å². The molecule has 0 aliphatic heterocycles. The number of anilines is 2. The largest absolute Gasteiger partial charge is 0.327 e. The Kier molecular flexibility index (Phi) is 5.09. The Morgan fingerprint density at radius 2 is 1.56 bits per heavy atom. The molecule has 0 aliphatic carbocycles. The molecule has 156 valence electrons. The molecule has 0 bridgehead atoms. The van der Waals surface area contributed by atoms with Gasteiger partial charge in [-0.15, -0.1) is 0 Å². The van der Waals surface area contributed by atoms with E-state index in [0.29, 0.717) is 11.2 Å². The minimum atomic E-state index is 0.639. The van der Waals surface area contributed by atoms with Gasteiger partial charge in [-0.25, -0.2) is 4.98 Å². The molecule has 32 heavy (non-hydrogen) atoms. The number of fused-ring (bicyclic) bond motifs is 3. The minimum absolute atomic E-state index is 0.639. The highest BCUT2D eigenvalue weighted by molar-refractivity contribution is 5.87. The Balaban J connectivity index is 1.92. The first-order valence-corrected chi connectivity index (χ1v) is 10.9. The van der Waals surface area contributed by atoms with Crippen LogP contribution in [-0.2, 0) is 6.42 Å². The van der Waals surface area contributed by atoms with E-state index in [0.717, 1.165) is 46.6 Å². The van der Waals surface area contributed by atoms with Crippen molar-refractivity contribution in [3.63, 3.8) is 0 Å². The Morgan fingerprint density at radius 1 is 0.906 bits per heavy atom. The number of hydrogen-bond acceptors (Lipinski definition) is 3. The molecule has 0 aliphatic rings. The second-order valence-electron chi connectivity index (χ2n) is 7.92. The van der Waals surface area contributed by atoms with Gasteiger partial charge in [-0.1, -0.05) is 60.7 Å². The van der Waals surface area contributed by atoms with Crippen molar-refractivity contribution < 1.29 is 0 Å². The highest BCUT2D eigenvalue weighted by Crippen LogP contribution is 2.37. The molecule has 0 amide bonds. The normalized spacial score (nSPS) is 11.0. The average molecular weight is 417 g/mol. The van der Waals surface area contributed by atoms with Crippen LogP contribution in [0, 0.1) is 18.3 Å². The van der Waals surface area contributed by atoms with Crippen LogP contribution in [-0.4, -0.2) is 15.9 Å². The van der Waals surface area contributed by atoms with Crippen molar-refractivity contribution in [2.45, 2.75) is 20.3 Å². The molecular weight excluding hydrogens is 392 g/mol. The van der Waals surface area contributed by atoms with Gasteiger partial charge in [-0.3, -0.25) is 4.40 Å². The first-order chi connectivity index (χ1) is 15.7. The summed E-state index contributed by atoms with van der Waals surface area (Å²) in [6.45, 7) is 5.01. The molecule has 3 aromatic carbocycles. The van der Waals surface area contributed by atoms with E-state index >= 15 is 0 Å². The molecule has 5 aromatic rings. The summed E-state index contributed by atoms with van der Waals surface area (Å²) in [4.78, 5) is 7.21. The molecule has 0 fully saturated rings. The summed E-state index contributed by atoms with van der Waals surface area (Å²) in [5, 5.41) is 10.1. The molecule has 2 aromatic heterocycles. The van der Waals surface area contributed by atoms with Gasteiger partial charge in [0, 0.05) is 24.2 Å². The number of nitrogens with zero attached hydrogens (tertiary/aromatic N) is 4. The van der Waals surface area contributed by atoms with Crippen LogP contribution in [0.5, 0.6) is 0 Å². The van der Waals surface area contributed by atoms with Gasteiger partial charge in [0.05, 0.1) is 16.6 Å². The highest BCUT2D eigenvalue weighted by atomic mass is 15.2. The van der Waals surface area contributed by atoms with E-state index in [4.69, 9.17) is 4.98 Å². The Morgan fingerprint density at radius 3 is 2.25 bits per heavy atom. The summed E-state index contributed by atoms with van der Waals surface area (Å²) in [5.74, 6) is 1.07. The first kappa shape index (κ1) is 19.8. The molecular formula is C28H24N4. The van der Waals surface area contributed by atoms with E-state index in [9.17, 15) is 5.26 Å².